The van der Waals surface area contributed by atoms with E-state index in [-0.39, 0.29) is 25.2 Å². The summed E-state index contributed by atoms with van der Waals surface area (Å²) in [6.45, 7) is 7.29. The molecule has 0 fully saturated rings. The van der Waals surface area contributed by atoms with Gasteiger partial charge in [-0.1, -0.05) is 237 Å². The second-order valence-electron chi connectivity index (χ2n) is 17.7. The van der Waals surface area contributed by atoms with Gasteiger partial charge in [0.05, 0.1) is 0 Å². The quantitative estimate of drug-likeness (QED) is 0.0345. The third-order valence-electron chi connectivity index (χ3n) is 11.1. The Morgan fingerprint density at radius 3 is 0.914 bits per heavy atom. The number of ether oxygens (including phenoxy) is 3. The smallest absolute Gasteiger partial charge is 0.306 e. The van der Waals surface area contributed by atoms with E-state index >= 15 is 0 Å². The van der Waals surface area contributed by atoms with Gasteiger partial charge in [0.1, 0.15) is 19.3 Å². The average Bonchev–Trinajstić information content (AvgIpc) is 3.36. The highest BCUT2D eigenvalue weighted by atomic mass is 16.6. The molecule has 0 aromatic carbocycles. The van der Waals surface area contributed by atoms with E-state index in [0.29, 0.717) is 32.3 Å². The van der Waals surface area contributed by atoms with Crippen molar-refractivity contribution in [3.8, 4) is 0 Å². The van der Waals surface area contributed by atoms with Gasteiger partial charge in [-0.15, -0.1) is 0 Å². The molecule has 0 aromatic heterocycles. The molecule has 0 rings (SSSR count). The topological polar surface area (TPSA) is 61.8 Å². The van der Waals surface area contributed by atoms with Gasteiger partial charge in [0.15, 0.2) is 0 Å². The molecule has 0 spiro atoms. The molecule has 0 radical (unpaired) electrons. The van der Waals surface area contributed by atoms with Crippen LogP contribution in [0.5, 0.6) is 0 Å². The van der Waals surface area contributed by atoms with Crippen LogP contribution in [-0.2, 0) is 23.8 Å². The van der Waals surface area contributed by atoms with Gasteiger partial charge in [-0.2, -0.15) is 0 Å². The molecule has 0 amide bonds. The van der Waals surface area contributed by atoms with E-state index in [4.69, 9.17) is 14.2 Å². The third kappa shape index (κ3) is 56.1. The molecule has 0 saturated carbocycles. The Labute approximate surface area is 431 Å². The van der Waals surface area contributed by atoms with Crippen molar-refractivity contribution in [3.63, 3.8) is 0 Å². The van der Waals surface area contributed by atoms with Gasteiger partial charge in [0.2, 0.25) is 0 Å². The first-order valence-corrected chi connectivity index (χ1v) is 28.0. The summed E-state index contributed by atoms with van der Waals surface area (Å²) in [5.41, 5.74) is 0. The molecule has 0 unspecified atom stereocenters. The molecular formula is C65H102O5. The van der Waals surface area contributed by atoms with Crippen LogP contribution < -0.4 is 0 Å². The molecule has 0 aliphatic rings. The molecule has 0 aromatic rings. The summed E-state index contributed by atoms with van der Waals surface area (Å²) in [5.74, 6) is -0.538. The number of hydrogen-bond donors (Lipinski definition) is 0. The SMILES string of the molecule is CC/C=C\C/C=C\C/C=C\C/C=C\C/C=C\C/C=C\CCC(=O)OCC(COC(=O)CC/C=C\C/C=C\C/C=C\C/C=C\C/C=C\C/C=C\CC)OCCCCCCCC/C=C\CCCCCCCC. The molecule has 0 heterocycles. The lowest BCUT2D eigenvalue weighted by Gasteiger charge is -2.18. The lowest BCUT2D eigenvalue weighted by Crippen LogP contribution is -2.29. The Balaban J connectivity index is 4.54. The summed E-state index contributed by atoms with van der Waals surface area (Å²) in [4.78, 5) is 25.2. The maximum Gasteiger partial charge on any atom is 0.306 e. The van der Waals surface area contributed by atoms with Crippen molar-refractivity contribution in [2.45, 2.75) is 219 Å². The van der Waals surface area contributed by atoms with Crippen LogP contribution >= 0.6 is 0 Å². The van der Waals surface area contributed by atoms with Crippen LogP contribution in [0.15, 0.2) is 158 Å². The van der Waals surface area contributed by atoms with E-state index in [2.05, 4.69) is 167 Å². The Morgan fingerprint density at radius 2 is 0.586 bits per heavy atom. The zero-order chi connectivity index (χ0) is 50.6. The van der Waals surface area contributed by atoms with E-state index in [1.54, 1.807) is 0 Å². The van der Waals surface area contributed by atoms with Gasteiger partial charge in [-0.25, -0.2) is 0 Å². The lowest BCUT2D eigenvalue weighted by molar-refractivity contribution is -0.155. The minimum absolute atomic E-state index is 0.0788. The summed E-state index contributed by atoms with van der Waals surface area (Å²) >= 11 is 0. The van der Waals surface area contributed by atoms with Crippen molar-refractivity contribution in [2.75, 3.05) is 19.8 Å². The number of rotatable bonds is 49. The normalized spacial score (nSPS) is 13.1. The van der Waals surface area contributed by atoms with Gasteiger partial charge in [-0.05, 0) is 122 Å². The first-order chi connectivity index (χ1) is 34.6. The maximum atomic E-state index is 12.6. The number of carbonyl (C=O) groups excluding carboxylic acids is 2. The Kier molecular flexibility index (Phi) is 55.1. The van der Waals surface area contributed by atoms with Crippen LogP contribution in [-0.4, -0.2) is 37.9 Å². The summed E-state index contributed by atoms with van der Waals surface area (Å²) in [7, 11) is 0. The summed E-state index contributed by atoms with van der Waals surface area (Å²) in [6.07, 6.45) is 87.3. The molecule has 5 nitrogen and oxygen atoms in total. The largest absolute Gasteiger partial charge is 0.463 e. The van der Waals surface area contributed by atoms with Crippen LogP contribution in [0, 0.1) is 0 Å². The fraction of sp³-hybridized carbons (Fsp3) is 0.569. The van der Waals surface area contributed by atoms with Gasteiger partial charge in [-0.3, -0.25) is 9.59 Å². The molecule has 0 atom stereocenters. The van der Waals surface area contributed by atoms with Gasteiger partial charge in [0.25, 0.3) is 0 Å². The lowest BCUT2D eigenvalue weighted by atomic mass is 10.1. The number of unbranched alkanes of at least 4 members (excludes halogenated alkanes) is 12. The van der Waals surface area contributed by atoms with Gasteiger partial charge < -0.3 is 14.2 Å². The van der Waals surface area contributed by atoms with E-state index in [1.807, 2.05) is 12.2 Å². The summed E-state index contributed by atoms with van der Waals surface area (Å²) < 4.78 is 17.3. The summed E-state index contributed by atoms with van der Waals surface area (Å²) in [5, 5.41) is 0. The minimum atomic E-state index is -0.479. The molecular weight excluding hydrogens is 861 g/mol. The Bertz CT molecular complexity index is 1460. The van der Waals surface area contributed by atoms with Crippen LogP contribution in [0.2, 0.25) is 0 Å². The van der Waals surface area contributed by atoms with Crippen molar-refractivity contribution in [3.05, 3.63) is 158 Å². The van der Waals surface area contributed by atoms with Crippen molar-refractivity contribution in [2.24, 2.45) is 0 Å². The fourth-order valence-corrected chi connectivity index (χ4v) is 6.94. The molecule has 392 valence electrons. The molecule has 0 aliphatic carbocycles. The van der Waals surface area contributed by atoms with Crippen molar-refractivity contribution >= 4 is 11.9 Å². The number of hydrogen-bond acceptors (Lipinski definition) is 5. The molecule has 70 heavy (non-hydrogen) atoms. The molecule has 0 saturated heterocycles. The van der Waals surface area contributed by atoms with E-state index in [1.165, 1.54) is 77.0 Å². The van der Waals surface area contributed by atoms with E-state index in [0.717, 1.165) is 89.9 Å². The zero-order valence-corrected chi connectivity index (χ0v) is 45.0. The van der Waals surface area contributed by atoms with Gasteiger partial charge in [0, 0.05) is 19.4 Å². The second-order valence-corrected chi connectivity index (χ2v) is 17.7. The highest BCUT2D eigenvalue weighted by Gasteiger charge is 2.15. The van der Waals surface area contributed by atoms with Crippen LogP contribution in [0.1, 0.15) is 213 Å². The molecule has 5 heteroatoms. The number of carbonyl (C=O) groups is 2. The monoisotopic (exact) mass is 963 g/mol. The third-order valence-corrected chi connectivity index (χ3v) is 11.1. The number of esters is 2. The highest BCUT2D eigenvalue weighted by molar-refractivity contribution is 5.70. The minimum Gasteiger partial charge on any atom is -0.463 e. The van der Waals surface area contributed by atoms with Gasteiger partial charge >= 0.3 is 11.9 Å². The van der Waals surface area contributed by atoms with E-state index < -0.39 is 6.10 Å². The zero-order valence-electron chi connectivity index (χ0n) is 45.0. The molecule has 0 bridgehead atoms. The fourth-order valence-electron chi connectivity index (χ4n) is 6.94. The highest BCUT2D eigenvalue weighted by Crippen LogP contribution is 2.11. The van der Waals surface area contributed by atoms with Crippen molar-refractivity contribution < 1.29 is 23.8 Å². The number of allylic oxidation sites excluding steroid dienone is 26. The second kappa shape index (κ2) is 58.8. The molecule has 0 N–H and O–H groups in total. The first-order valence-electron chi connectivity index (χ1n) is 28.0. The van der Waals surface area contributed by atoms with Crippen LogP contribution in [0.25, 0.3) is 0 Å². The maximum absolute atomic E-state index is 12.6. The van der Waals surface area contributed by atoms with Crippen molar-refractivity contribution in [1.29, 1.82) is 0 Å². The standard InChI is InChI=1S/C65H102O5/c1-4-7-10-13-16-19-22-25-28-31-33-35-37-40-43-46-49-52-55-58-64(66)69-61-63(68-60-57-54-51-48-45-42-39-30-27-24-21-18-15-12-9-6-3)62-70-65(67)59-56-53-50-47-44-41-38-36-34-32-29-26-23-20-17-14-11-8-5-2/h7-8,10-11,16-17,19-20,25-30,33-36,40-41,43-44,49-50,52-53,63H,4-6,9,12-15,18,21-24,31-32,37-39,42,45-48,51,54-62H2,1-3H3/b10-7-,11-8-,19-16-,20-17-,28-25-,29-26-,30-27-,35-33-,36-34-,43-40-,44-41-,52-49-,53-50-. The van der Waals surface area contributed by atoms with Crippen LogP contribution in [0.4, 0.5) is 0 Å². The summed E-state index contributed by atoms with van der Waals surface area (Å²) in [6, 6.07) is 0. The molecule has 0 aliphatic heterocycles. The van der Waals surface area contributed by atoms with Crippen molar-refractivity contribution in [1.82, 2.24) is 0 Å². The predicted molar refractivity (Wildman–Crippen MR) is 306 cm³/mol. The predicted octanol–water partition coefficient (Wildman–Crippen LogP) is 19.5. The first kappa shape index (κ1) is 65.5. The Morgan fingerprint density at radius 1 is 0.314 bits per heavy atom. The van der Waals surface area contributed by atoms with Crippen LogP contribution in [0.3, 0.4) is 0 Å². The van der Waals surface area contributed by atoms with E-state index in [9.17, 15) is 9.59 Å². The average molecular weight is 964 g/mol. The Hall–Kier alpha value is -4.48.